The van der Waals surface area contributed by atoms with Crippen LogP contribution in [0.4, 0.5) is 5.69 Å². The van der Waals surface area contributed by atoms with Crippen LogP contribution in [0.5, 0.6) is 11.5 Å². The number of amides is 1. The highest BCUT2D eigenvalue weighted by Gasteiger charge is 2.18. The Labute approximate surface area is 251 Å². The summed E-state index contributed by atoms with van der Waals surface area (Å²) >= 11 is 5.95. The maximum Gasteiger partial charge on any atom is 0.271 e. The molecule has 0 aliphatic carbocycles. The van der Waals surface area contributed by atoms with Crippen molar-refractivity contribution in [2.45, 2.75) is 27.0 Å². The molecule has 0 fully saturated rings. The van der Waals surface area contributed by atoms with Crippen molar-refractivity contribution in [2.75, 3.05) is 17.2 Å². The predicted molar refractivity (Wildman–Crippen MR) is 167 cm³/mol. The Balaban J connectivity index is 1.39. The highest BCUT2D eigenvalue weighted by Crippen LogP contribution is 2.29. The zero-order valence-corrected chi connectivity index (χ0v) is 25.2. The molecule has 0 aliphatic heterocycles. The molecule has 0 aromatic heterocycles. The van der Waals surface area contributed by atoms with Gasteiger partial charge < -0.3 is 9.47 Å². The van der Waals surface area contributed by atoms with Crippen LogP contribution in [0.2, 0.25) is 5.02 Å². The Morgan fingerprint density at radius 2 is 1.57 bits per heavy atom. The molecule has 0 unspecified atom stereocenters. The lowest BCUT2D eigenvalue weighted by atomic mass is 10.1. The molecule has 0 saturated carbocycles. The lowest BCUT2D eigenvalue weighted by Crippen LogP contribution is -2.29. The van der Waals surface area contributed by atoms with Gasteiger partial charge in [0.2, 0.25) is 10.0 Å². The highest BCUT2D eigenvalue weighted by atomic mass is 35.5. The zero-order valence-electron chi connectivity index (χ0n) is 23.6. The molecular formula is C32H32ClN3O5S. The predicted octanol–water partition coefficient (Wildman–Crippen LogP) is 6.36. The van der Waals surface area contributed by atoms with Crippen molar-refractivity contribution < 1.29 is 22.7 Å². The molecule has 0 bridgehead atoms. The molecule has 1 N–H and O–H groups in total. The molecule has 8 nitrogen and oxygen atoms in total. The van der Waals surface area contributed by atoms with Crippen molar-refractivity contribution in [1.29, 1.82) is 0 Å². The number of aryl methyl sites for hydroxylation is 1. The Hall–Kier alpha value is -4.34. The fourth-order valence-corrected chi connectivity index (χ4v) is 5.02. The maximum absolute atomic E-state index is 12.7. The van der Waals surface area contributed by atoms with Gasteiger partial charge in [-0.1, -0.05) is 53.6 Å². The van der Waals surface area contributed by atoms with Gasteiger partial charge in [0.25, 0.3) is 5.91 Å². The van der Waals surface area contributed by atoms with Crippen LogP contribution in [0.3, 0.4) is 0 Å². The van der Waals surface area contributed by atoms with E-state index in [-0.39, 0.29) is 6.54 Å². The number of hydrogen-bond acceptors (Lipinski definition) is 6. The first kappa shape index (κ1) is 30.6. The van der Waals surface area contributed by atoms with Crippen LogP contribution < -0.4 is 19.2 Å². The van der Waals surface area contributed by atoms with E-state index in [1.165, 1.54) is 10.5 Å². The fraction of sp³-hybridized carbons (Fsp3) is 0.188. The molecule has 0 atom stereocenters. The standard InChI is InChI=1S/C32H32ClN3O5S/c1-4-40-31-19-26(11-18-30(31)41-22-25-9-14-28(33)15-10-25)20-34-35-32(37)27-12-16-29(17-13-27)36(42(3,38)39)21-24-7-5-23(2)6-8-24/h5-20H,4,21-22H2,1-3H3,(H,35,37)/b34-20-. The number of sulfonamides is 1. The molecule has 4 rings (SSSR count). The van der Waals surface area contributed by atoms with Gasteiger partial charge in [-0.15, -0.1) is 0 Å². The van der Waals surface area contributed by atoms with Crippen molar-refractivity contribution in [3.05, 3.63) is 124 Å². The maximum atomic E-state index is 12.7. The second-order valence-electron chi connectivity index (χ2n) is 9.56. The van der Waals surface area contributed by atoms with Crippen LogP contribution in [-0.2, 0) is 23.2 Å². The van der Waals surface area contributed by atoms with Crippen molar-refractivity contribution in [2.24, 2.45) is 5.10 Å². The second-order valence-corrected chi connectivity index (χ2v) is 11.9. The average Bonchev–Trinajstić information content (AvgIpc) is 2.97. The van der Waals surface area contributed by atoms with Crippen LogP contribution in [0.25, 0.3) is 0 Å². The number of hydrogen-bond donors (Lipinski definition) is 1. The average molecular weight is 606 g/mol. The van der Waals surface area contributed by atoms with Crippen molar-refractivity contribution in [3.8, 4) is 11.5 Å². The summed E-state index contributed by atoms with van der Waals surface area (Å²) in [5.74, 6) is 0.701. The van der Waals surface area contributed by atoms with Gasteiger partial charge in [0.15, 0.2) is 11.5 Å². The summed E-state index contributed by atoms with van der Waals surface area (Å²) in [4.78, 5) is 12.7. The number of nitrogens with zero attached hydrogens (tertiary/aromatic N) is 2. The Morgan fingerprint density at radius 1 is 0.905 bits per heavy atom. The van der Waals surface area contributed by atoms with Gasteiger partial charge in [-0.05, 0) is 85.1 Å². The fourth-order valence-electron chi connectivity index (χ4n) is 4.00. The van der Waals surface area contributed by atoms with Crippen LogP contribution in [-0.4, -0.2) is 33.4 Å². The van der Waals surface area contributed by atoms with Gasteiger partial charge in [-0.25, -0.2) is 13.8 Å². The highest BCUT2D eigenvalue weighted by molar-refractivity contribution is 7.92. The summed E-state index contributed by atoms with van der Waals surface area (Å²) in [6.07, 6.45) is 2.66. The van der Waals surface area contributed by atoms with E-state index in [2.05, 4.69) is 10.5 Å². The Bertz CT molecular complexity index is 1640. The third-order valence-electron chi connectivity index (χ3n) is 6.22. The molecule has 218 valence electrons. The number of rotatable bonds is 12. The molecule has 0 radical (unpaired) electrons. The van der Waals surface area contributed by atoms with E-state index in [1.54, 1.807) is 42.5 Å². The first-order valence-electron chi connectivity index (χ1n) is 13.2. The van der Waals surface area contributed by atoms with Gasteiger partial charge >= 0.3 is 0 Å². The van der Waals surface area contributed by atoms with Crippen LogP contribution in [0.15, 0.2) is 96.1 Å². The van der Waals surface area contributed by atoms with Gasteiger partial charge in [0, 0.05) is 10.6 Å². The van der Waals surface area contributed by atoms with Gasteiger partial charge in [0.1, 0.15) is 6.61 Å². The number of hydrazone groups is 1. The second kappa shape index (κ2) is 14.0. The minimum Gasteiger partial charge on any atom is -0.490 e. The number of halogens is 1. The molecule has 4 aromatic rings. The van der Waals surface area contributed by atoms with E-state index in [4.69, 9.17) is 21.1 Å². The van der Waals surface area contributed by atoms with Crippen molar-refractivity contribution >= 4 is 39.4 Å². The monoisotopic (exact) mass is 605 g/mol. The molecule has 42 heavy (non-hydrogen) atoms. The third-order valence-corrected chi connectivity index (χ3v) is 7.61. The molecule has 1 amide bonds. The zero-order chi connectivity index (χ0) is 30.1. The lowest BCUT2D eigenvalue weighted by Gasteiger charge is -2.22. The normalized spacial score (nSPS) is 11.3. The quantitative estimate of drug-likeness (QED) is 0.150. The van der Waals surface area contributed by atoms with Crippen LogP contribution >= 0.6 is 11.6 Å². The summed E-state index contributed by atoms with van der Waals surface area (Å²) in [6, 6.07) is 26.8. The molecular weight excluding hydrogens is 574 g/mol. The summed E-state index contributed by atoms with van der Waals surface area (Å²) in [7, 11) is -3.55. The Morgan fingerprint density at radius 3 is 2.21 bits per heavy atom. The van der Waals surface area contributed by atoms with Gasteiger partial charge in [-0.3, -0.25) is 9.10 Å². The number of nitrogens with one attached hydrogen (secondary N) is 1. The summed E-state index contributed by atoms with van der Waals surface area (Å²) in [6.45, 7) is 4.84. The number of carbonyl (C=O) groups is 1. The third kappa shape index (κ3) is 8.58. The van der Waals surface area contributed by atoms with Crippen LogP contribution in [0, 0.1) is 6.92 Å². The largest absolute Gasteiger partial charge is 0.490 e. The summed E-state index contributed by atoms with van der Waals surface area (Å²) < 4.78 is 38.0. The molecule has 0 saturated heterocycles. The van der Waals surface area contributed by atoms with Crippen molar-refractivity contribution in [3.63, 3.8) is 0 Å². The topological polar surface area (TPSA) is 97.3 Å². The minimum atomic E-state index is -3.55. The van der Waals surface area contributed by atoms with Crippen LogP contribution in [0.1, 0.15) is 39.5 Å². The van der Waals surface area contributed by atoms with E-state index in [9.17, 15) is 13.2 Å². The number of anilines is 1. The smallest absolute Gasteiger partial charge is 0.271 e. The Kier molecular flexibility index (Phi) is 10.2. The first-order chi connectivity index (χ1) is 20.1. The van der Waals surface area contributed by atoms with Crippen molar-refractivity contribution in [1.82, 2.24) is 5.43 Å². The summed E-state index contributed by atoms with van der Waals surface area (Å²) in [5.41, 5.74) is 6.92. The number of ether oxygens (including phenoxy) is 2. The van der Waals surface area contributed by atoms with E-state index < -0.39 is 15.9 Å². The molecule has 4 aromatic carbocycles. The molecule has 0 spiro atoms. The summed E-state index contributed by atoms with van der Waals surface area (Å²) in [5, 5.41) is 4.73. The first-order valence-corrected chi connectivity index (χ1v) is 15.5. The van der Waals surface area contributed by atoms with E-state index in [0.29, 0.717) is 46.5 Å². The van der Waals surface area contributed by atoms with Gasteiger partial charge in [0.05, 0.1) is 31.3 Å². The van der Waals surface area contributed by atoms with E-state index in [0.717, 1.165) is 22.9 Å². The number of benzene rings is 4. The SMILES string of the molecule is CCOc1cc(/C=N\NC(=O)c2ccc(N(Cc3ccc(C)cc3)S(C)(=O)=O)cc2)ccc1OCc1ccc(Cl)cc1. The van der Waals surface area contributed by atoms with Gasteiger partial charge in [-0.2, -0.15) is 5.10 Å². The van der Waals surface area contributed by atoms with E-state index >= 15 is 0 Å². The molecule has 0 heterocycles. The van der Waals surface area contributed by atoms with E-state index in [1.807, 2.05) is 62.4 Å². The minimum absolute atomic E-state index is 0.184. The lowest BCUT2D eigenvalue weighted by molar-refractivity contribution is 0.0955. The number of carbonyl (C=O) groups excluding carboxylic acids is 1. The molecule has 0 aliphatic rings. The molecule has 10 heteroatoms.